The van der Waals surface area contributed by atoms with Gasteiger partial charge >= 0.3 is 0 Å². The summed E-state index contributed by atoms with van der Waals surface area (Å²) in [4.78, 5) is 6.84. The number of para-hydroxylation sites is 2. The molecule has 0 spiro atoms. The number of piperidine rings is 1. The first-order valence-corrected chi connectivity index (χ1v) is 6.53. The molecule has 0 bridgehead atoms. The maximum atomic E-state index is 6.05. The molecule has 0 aliphatic carbocycles. The van der Waals surface area contributed by atoms with Gasteiger partial charge in [0.25, 0.3) is 0 Å². The molecule has 2 N–H and O–H groups in total. The molecule has 0 radical (unpaired) electrons. The summed E-state index contributed by atoms with van der Waals surface area (Å²) in [5.41, 5.74) is 7.85. The van der Waals surface area contributed by atoms with Crippen molar-refractivity contribution in [3.05, 3.63) is 30.2 Å². The highest BCUT2D eigenvalue weighted by Gasteiger charge is 2.23. The van der Waals surface area contributed by atoms with Gasteiger partial charge in [-0.1, -0.05) is 19.1 Å². The highest BCUT2D eigenvalue weighted by molar-refractivity contribution is 5.72. The molecule has 3 rings (SSSR count). The summed E-state index contributed by atoms with van der Waals surface area (Å²) in [7, 11) is 0. The lowest BCUT2D eigenvalue weighted by atomic mass is 9.97. The average Bonchev–Trinajstić information content (AvgIpc) is 2.69. The quantitative estimate of drug-likeness (QED) is 0.879. The van der Waals surface area contributed by atoms with Crippen LogP contribution in [-0.2, 0) is 6.54 Å². The van der Waals surface area contributed by atoms with Crippen molar-refractivity contribution in [1.29, 1.82) is 0 Å². The number of likely N-dealkylation sites (tertiary alicyclic amines) is 1. The van der Waals surface area contributed by atoms with Crippen LogP contribution < -0.4 is 5.73 Å². The molecule has 18 heavy (non-hydrogen) atoms. The molecule has 2 heterocycles. The number of fused-ring (bicyclic) bond motifs is 1. The lowest BCUT2D eigenvalue weighted by Gasteiger charge is -2.33. The van der Waals surface area contributed by atoms with Crippen molar-refractivity contribution in [3.63, 3.8) is 0 Å². The minimum absolute atomic E-state index is 0.276. The smallest absolute Gasteiger partial charge is 0.209 e. The Labute approximate surface area is 107 Å². The Bertz CT molecular complexity index is 494. The summed E-state index contributed by atoms with van der Waals surface area (Å²) in [5, 5.41) is 0. The molecular weight excluding hydrogens is 226 g/mol. The van der Waals surface area contributed by atoms with E-state index >= 15 is 0 Å². The lowest BCUT2D eigenvalue weighted by Crippen LogP contribution is -2.45. The first kappa shape index (κ1) is 11.7. The summed E-state index contributed by atoms with van der Waals surface area (Å²) < 4.78 is 5.75. The lowest BCUT2D eigenvalue weighted by molar-refractivity contribution is 0.147. The van der Waals surface area contributed by atoms with Crippen molar-refractivity contribution in [3.8, 4) is 0 Å². The fourth-order valence-corrected chi connectivity index (χ4v) is 2.82. The maximum Gasteiger partial charge on any atom is 0.209 e. The van der Waals surface area contributed by atoms with Crippen LogP contribution in [0.15, 0.2) is 28.7 Å². The van der Waals surface area contributed by atoms with Crippen LogP contribution in [0.5, 0.6) is 0 Å². The first-order valence-electron chi connectivity index (χ1n) is 6.53. The van der Waals surface area contributed by atoms with E-state index in [2.05, 4.69) is 16.8 Å². The molecule has 0 saturated carbocycles. The SMILES string of the molecule is CC1CC(N)CN(Cc2nc3ccccc3o2)C1. The van der Waals surface area contributed by atoms with Crippen molar-refractivity contribution >= 4 is 11.1 Å². The number of nitrogens with zero attached hydrogens (tertiary/aromatic N) is 2. The van der Waals surface area contributed by atoms with Gasteiger partial charge in [-0.2, -0.15) is 0 Å². The second kappa shape index (κ2) is 4.71. The second-order valence-corrected chi connectivity index (χ2v) is 5.37. The molecule has 4 nitrogen and oxygen atoms in total. The van der Waals surface area contributed by atoms with Gasteiger partial charge in [0.2, 0.25) is 5.89 Å². The Hall–Kier alpha value is -1.39. The van der Waals surface area contributed by atoms with E-state index in [9.17, 15) is 0 Å². The number of nitrogens with two attached hydrogens (primary N) is 1. The number of rotatable bonds is 2. The van der Waals surface area contributed by atoms with Crippen molar-refractivity contribution < 1.29 is 4.42 Å². The van der Waals surface area contributed by atoms with Crippen LogP contribution in [0.3, 0.4) is 0 Å². The Kier molecular flexibility index (Phi) is 3.06. The summed E-state index contributed by atoms with van der Waals surface area (Å²) in [6, 6.07) is 8.16. The van der Waals surface area contributed by atoms with E-state index < -0.39 is 0 Å². The molecule has 1 aliphatic heterocycles. The molecular formula is C14H19N3O. The van der Waals surface area contributed by atoms with E-state index in [0.717, 1.165) is 43.0 Å². The summed E-state index contributed by atoms with van der Waals surface area (Å²) in [6.45, 7) is 5.01. The van der Waals surface area contributed by atoms with E-state index in [1.54, 1.807) is 0 Å². The van der Waals surface area contributed by atoms with Crippen molar-refractivity contribution in [2.45, 2.75) is 25.9 Å². The predicted octanol–water partition coefficient (Wildman–Crippen LogP) is 2.00. The van der Waals surface area contributed by atoms with Gasteiger partial charge < -0.3 is 10.2 Å². The number of aromatic nitrogens is 1. The normalized spacial score (nSPS) is 25.7. The van der Waals surface area contributed by atoms with Gasteiger partial charge in [-0.3, -0.25) is 4.90 Å². The number of hydrogen-bond acceptors (Lipinski definition) is 4. The summed E-state index contributed by atoms with van der Waals surface area (Å²) in [6.07, 6.45) is 1.12. The van der Waals surface area contributed by atoms with Crippen LogP contribution in [0, 0.1) is 5.92 Å². The Morgan fingerprint density at radius 1 is 1.39 bits per heavy atom. The van der Waals surface area contributed by atoms with Gasteiger partial charge in [-0.05, 0) is 24.5 Å². The molecule has 2 aromatic rings. The monoisotopic (exact) mass is 245 g/mol. The van der Waals surface area contributed by atoms with Gasteiger partial charge in [-0.15, -0.1) is 0 Å². The zero-order valence-corrected chi connectivity index (χ0v) is 10.7. The van der Waals surface area contributed by atoms with E-state index in [0.29, 0.717) is 5.92 Å². The van der Waals surface area contributed by atoms with Crippen LogP contribution >= 0.6 is 0 Å². The molecule has 1 aromatic heterocycles. The van der Waals surface area contributed by atoms with Crippen LogP contribution in [-0.4, -0.2) is 29.0 Å². The largest absolute Gasteiger partial charge is 0.439 e. The Balaban J connectivity index is 1.75. The molecule has 1 aromatic carbocycles. The van der Waals surface area contributed by atoms with Crippen LogP contribution in [0.2, 0.25) is 0 Å². The van der Waals surface area contributed by atoms with Gasteiger partial charge in [0, 0.05) is 19.1 Å². The van der Waals surface area contributed by atoms with E-state index in [1.807, 2.05) is 24.3 Å². The Morgan fingerprint density at radius 3 is 3.00 bits per heavy atom. The van der Waals surface area contributed by atoms with Gasteiger partial charge in [0.15, 0.2) is 5.58 Å². The van der Waals surface area contributed by atoms with Crippen LogP contribution in [0.4, 0.5) is 0 Å². The fourth-order valence-electron chi connectivity index (χ4n) is 2.82. The number of hydrogen-bond donors (Lipinski definition) is 1. The van der Waals surface area contributed by atoms with Crippen molar-refractivity contribution in [2.24, 2.45) is 11.7 Å². The summed E-state index contributed by atoms with van der Waals surface area (Å²) in [5.74, 6) is 1.44. The highest BCUT2D eigenvalue weighted by atomic mass is 16.3. The zero-order valence-electron chi connectivity index (χ0n) is 10.7. The first-order chi connectivity index (χ1) is 8.70. The second-order valence-electron chi connectivity index (χ2n) is 5.37. The highest BCUT2D eigenvalue weighted by Crippen LogP contribution is 2.20. The topological polar surface area (TPSA) is 55.3 Å². The van der Waals surface area contributed by atoms with Crippen LogP contribution in [0.1, 0.15) is 19.2 Å². The number of benzene rings is 1. The van der Waals surface area contributed by atoms with Gasteiger partial charge in [-0.25, -0.2) is 4.98 Å². The molecule has 2 atom stereocenters. The molecule has 96 valence electrons. The number of oxazole rings is 1. The third-order valence-corrected chi connectivity index (χ3v) is 3.46. The van der Waals surface area contributed by atoms with Crippen molar-refractivity contribution in [1.82, 2.24) is 9.88 Å². The standard InChI is InChI=1S/C14H19N3O/c1-10-6-11(15)8-17(7-10)9-14-16-12-4-2-3-5-13(12)18-14/h2-5,10-11H,6-9,15H2,1H3. The third kappa shape index (κ3) is 2.40. The fraction of sp³-hybridized carbons (Fsp3) is 0.500. The molecule has 2 unspecified atom stereocenters. The maximum absolute atomic E-state index is 6.05. The van der Waals surface area contributed by atoms with Crippen LogP contribution in [0.25, 0.3) is 11.1 Å². The third-order valence-electron chi connectivity index (χ3n) is 3.46. The summed E-state index contributed by atoms with van der Waals surface area (Å²) >= 11 is 0. The molecule has 1 aliphatic rings. The zero-order chi connectivity index (χ0) is 12.5. The predicted molar refractivity (Wildman–Crippen MR) is 71.0 cm³/mol. The van der Waals surface area contributed by atoms with E-state index in [4.69, 9.17) is 10.2 Å². The minimum atomic E-state index is 0.276. The average molecular weight is 245 g/mol. The van der Waals surface area contributed by atoms with Gasteiger partial charge in [0.1, 0.15) is 5.52 Å². The molecule has 0 amide bonds. The molecule has 4 heteroatoms. The Morgan fingerprint density at radius 2 is 2.22 bits per heavy atom. The van der Waals surface area contributed by atoms with Gasteiger partial charge in [0.05, 0.1) is 6.54 Å². The molecule has 1 saturated heterocycles. The minimum Gasteiger partial charge on any atom is -0.439 e. The van der Waals surface area contributed by atoms with E-state index in [1.165, 1.54) is 0 Å². The van der Waals surface area contributed by atoms with Crippen molar-refractivity contribution in [2.75, 3.05) is 13.1 Å². The molecule has 1 fully saturated rings. The van der Waals surface area contributed by atoms with E-state index in [-0.39, 0.29) is 6.04 Å².